The van der Waals surface area contributed by atoms with Gasteiger partial charge in [0, 0.05) is 17.9 Å². The molecule has 0 aliphatic rings. The van der Waals surface area contributed by atoms with E-state index in [0.717, 1.165) is 22.2 Å². The Morgan fingerprint density at radius 2 is 1.88 bits per heavy atom. The molecule has 24 heavy (non-hydrogen) atoms. The summed E-state index contributed by atoms with van der Waals surface area (Å²) >= 11 is 1.57. The summed E-state index contributed by atoms with van der Waals surface area (Å²) in [5.41, 5.74) is 3.54. The van der Waals surface area contributed by atoms with Gasteiger partial charge in [-0.2, -0.15) is 5.26 Å². The van der Waals surface area contributed by atoms with Crippen LogP contribution in [0.2, 0.25) is 0 Å². The maximum atomic E-state index is 9.29. The minimum atomic E-state index is 0.604. The summed E-state index contributed by atoms with van der Waals surface area (Å²) in [6.07, 6.45) is 6.03. The van der Waals surface area contributed by atoms with Gasteiger partial charge in [0.15, 0.2) is 6.20 Å². The minimum absolute atomic E-state index is 0.604. The zero-order chi connectivity index (χ0) is 16.6. The van der Waals surface area contributed by atoms with Crippen LogP contribution in [0.4, 0.5) is 0 Å². The SMILES string of the molecule is N#Cc1ccc(-c2cccc[nH+]2)nc1SCC=Cc1ccccc1. The summed E-state index contributed by atoms with van der Waals surface area (Å²) in [7, 11) is 0. The van der Waals surface area contributed by atoms with Crippen LogP contribution in [0.25, 0.3) is 17.5 Å². The molecule has 0 spiro atoms. The number of nitrogens with zero attached hydrogens (tertiary/aromatic N) is 2. The van der Waals surface area contributed by atoms with Crippen LogP contribution >= 0.6 is 11.8 Å². The molecule has 3 nitrogen and oxygen atoms in total. The molecule has 0 amide bonds. The highest BCUT2D eigenvalue weighted by molar-refractivity contribution is 7.99. The first kappa shape index (κ1) is 16.0. The van der Waals surface area contributed by atoms with Crippen LogP contribution in [0.15, 0.2) is 78.0 Å². The van der Waals surface area contributed by atoms with Crippen molar-refractivity contribution in [2.75, 3.05) is 5.75 Å². The fourth-order valence-corrected chi connectivity index (χ4v) is 3.00. The van der Waals surface area contributed by atoms with Crippen LogP contribution in [0.5, 0.6) is 0 Å². The predicted octanol–water partition coefficient (Wildman–Crippen LogP) is 4.24. The average molecular weight is 330 g/mol. The van der Waals surface area contributed by atoms with Crippen LogP contribution in [0, 0.1) is 11.3 Å². The Hall–Kier alpha value is -2.90. The lowest BCUT2D eigenvalue weighted by Gasteiger charge is -2.03. The predicted molar refractivity (Wildman–Crippen MR) is 97.1 cm³/mol. The van der Waals surface area contributed by atoms with Gasteiger partial charge in [-0.25, -0.2) is 9.97 Å². The highest BCUT2D eigenvalue weighted by Gasteiger charge is 2.10. The van der Waals surface area contributed by atoms with Gasteiger partial charge < -0.3 is 0 Å². The van der Waals surface area contributed by atoms with Crippen molar-refractivity contribution in [3.05, 3.63) is 84.1 Å². The summed E-state index contributed by atoms with van der Waals surface area (Å²) in [6, 6.07) is 21.9. The third kappa shape index (κ3) is 4.09. The Balaban J connectivity index is 1.74. The number of rotatable bonds is 5. The monoisotopic (exact) mass is 330 g/mol. The number of nitriles is 1. The highest BCUT2D eigenvalue weighted by atomic mass is 32.2. The van der Waals surface area contributed by atoms with E-state index in [1.165, 1.54) is 5.56 Å². The molecule has 0 aliphatic heterocycles. The second kappa shape index (κ2) is 8.09. The van der Waals surface area contributed by atoms with Crippen molar-refractivity contribution in [1.82, 2.24) is 4.98 Å². The van der Waals surface area contributed by atoms with E-state index in [1.807, 2.05) is 54.7 Å². The second-order valence-corrected chi connectivity index (χ2v) is 6.07. The normalized spacial score (nSPS) is 10.6. The van der Waals surface area contributed by atoms with Crippen molar-refractivity contribution >= 4 is 17.8 Å². The van der Waals surface area contributed by atoms with Gasteiger partial charge in [0.1, 0.15) is 16.8 Å². The minimum Gasteiger partial charge on any atom is -0.234 e. The van der Waals surface area contributed by atoms with Crippen molar-refractivity contribution in [2.24, 2.45) is 0 Å². The number of hydrogen-bond donors (Lipinski definition) is 0. The smallest absolute Gasteiger partial charge is 0.229 e. The Morgan fingerprint density at radius 1 is 1.04 bits per heavy atom. The second-order valence-electron chi connectivity index (χ2n) is 5.06. The summed E-state index contributed by atoms with van der Waals surface area (Å²) in [5, 5.41) is 10.0. The van der Waals surface area contributed by atoms with Crippen LogP contribution in [0.1, 0.15) is 11.1 Å². The molecule has 0 radical (unpaired) electrons. The number of nitrogens with one attached hydrogen (secondary N) is 1. The lowest BCUT2D eigenvalue weighted by atomic mass is 10.2. The molecule has 0 saturated heterocycles. The first-order chi connectivity index (χ1) is 11.9. The summed E-state index contributed by atoms with van der Waals surface area (Å²) in [4.78, 5) is 7.80. The molecule has 0 bridgehead atoms. The van der Waals surface area contributed by atoms with Crippen molar-refractivity contribution < 1.29 is 4.98 Å². The van der Waals surface area contributed by atoms with Gasteiger partial charge in [0.2, 0.25) is 5.69 Å². The molecule has 0 atom stereocenters. The molecule has 0 aliphatic carbocycles. The summed E-state index contributed by atoms with van der Waals surface area (Å²) < 4.78 is 0. The molecule has 116 valence electrons. The quantitative estimate of drug-likeness (QED) is 0.658. The van der Waals surface area contributed by atoms with Crippen molar-refractivity contribution in [3.63, 3.8) is 0 Å². The molecule has 2 heterocycles. The van der Waals surface area contributed by atoms with Gasteiger partial charge in [-0.1, -0.05) is 42.5 Å². The molecule has 3 aromatic rings. The number of hydrogen-bond acceptors (Lipinski definition) is 3. The van der Waals surface area contributed by atoms with E-state index in [4.69, 9.17) is 0 Å². The zero-order valence-corrected chi connectivity index (χ0v) is 13.8. The lowest BCUT2D eigenvalue weighted by Crippen LogP contribution is -2.06. The lowest BCUT2D eigenvalue weighted by molar-refractivity contribution is -0.364. The first-order valence-corrected chi connectivity index (χ1v) is 8.58. The Bertz CT molecular complexity index is 868. The molecular weight excluding hydrogens is 314 g/mol. The standard InChI is InChI=1S/C20H15N3S/c21-15-17-11-12-19(18-10-4-5-13-22-18)23-20(17)24-14-6-9-16-7-2-1-3-8-16/h1-13H,14H2/p+1. The molecule has 0 unspecified atom stereocenters. The van der Waals surface area contributed by atoms with Gasteiger partial charge >= 0.3 is 0 Å². The topological polar surface area (TPSA) is 50.8 Å². The third-order valence-corrected chi connectivity index (χ3v) is 4.34. The highest BCUT2D eigenvalue weighted by Crippen LogP contribution is 2.23. The van der Waals surface area contributed by atoms with E-state index in [2.05, 4.69) is 40.3 Å². The molecular formula is C20H16N3S+. The summed E-state index contributed by atoms with van der Waals surface area (Å²) in [5.74, 6) is 0.762. The molecule has 3 rings (SSSR count). The van der Waals surface area contributed by atoms with Gasteiger partial charge in [0.25, 0.3) is 0 Å². The average Bonchev–Trinajstić information content (AvgIpc) is 2.66. The number of benzene rings is 1. The fraction of sp³-hybridized carbons (Fsp3) is 0.0500. The van der Waals surface area contributed by atoms with Gasteiger partial charge in [-0.15, -0.1) is 11.8 Å². The zero-order valence-electron chi connectivity index (χ0n) is 13.0. The number of aromatic amines is 1. The Kier molecular flexibility index (Phi) is 5.39. The van der Waals surface area contributed by atoms with E-state index in [9.17, 15) is 5.26 Å². The number of pyridine rings is 2. The number of H-pyrrole nitrogens is 1. The third-order valence-electron chi connectivity index (χ3n) is 3.39. The summed E-state index contributed by atoms with van der Waals surface area (Å²) in [6.45, 7) is 0. The van der Waals surface area contributed by atoms with E-state index in [1.54, 1.807) is 11.8 Å². The van der Waals surface area contributed by atoms with E-state index in [0.29, 0.717) is 5.56 Å². The van der Waals surface area contributed by atoms with Gasteiger partial charge in [-0.3, -0.25) is 0 Å². The van der Waals surface area contributed by atoms with Crippen molar-refractivity contribution in [1.29, 1.82) is 5.26 Å². The van der Waals surface area contributed by atoms with Crippen LogP contribution < -0.4 is 4.98 Å². The molecule has 0 fully saturated rings. The van der Waals surface area contributed by atoms with Crippen LogP contribution in [0.3, 0.4) is 0 Å². The Morgan fingerprint density at radius 3 is 2.62 bits per heavy atom. The molecule has 2 aromatic heterocycles. The molecule has 0 saturated carbocycles. The van der Waals surface area contributed by atoms with Crippen LogP contribution in [-0.4, -0.2) is 10.7 Å². The maximum Gasteiger partial charge on any atom is 0.229 e. The van der Waals surface area contributed by atoms with E-state index in [-0.39, 0.29) is 0 Å². The number of thioether (sulfide) groups is 1. The Labute approximate surface area is 145 Å². The van der Waals surface area contributed by atoms with Crippen molar-refractivity contribution in [2.45, 2.75) is 5.03 Å². The number of aromatic nitrogens is 2. The molecule has 4 heteroatoms. The first-order valence-electron chi connectivity index (χ1n) is 7.59. The van der Waals surface area contributed by atoms with E-state index < -0.39 is 0 Å². The maximum absolute atomic E-state index is 9.29. The molecule has 1 aromatic carbocycles. The fourth-order valence-electron chi connectivity index (χ4n) is 2.21. The van der Waals surface area contributed by atoms with E-state index >= 15 is 0 Å². The van der Waals surface area contributed by atoms with Gasteiger partial charge in [0.05, 0.1) is 5.56 Å². The molecule has 1 N–H and O–H groups in total. The van der Waals surface area contributed by atoms with Gasteiger partial charge in [-0.05, 0) is 23.8 Å². The largest absolute Gasteiger partial charge is 0.234 e. The van der Waals surface area contributed by atoms with Crippen LogP contribution in [-0.2, 0) is 0 Å². The van der Waals surface area contributed by atoms with Crippen molar-refractivity contribution in [3.8, 4) is 17.5 Å².